The molecule has 0 unspecified atom stereocenters. The number of benzene rings is 1. The van der Waals surface area contributed by atoms with Gasteiger partial charge in [-0.25, -0.2) is 4.98 Å². The zero-order valence-corrected chi connectivity index (χ0v) is 12.6. The molecule has 1 heterocycles. The lowest BCUT2D eigenvalue weighted by molar-refractivity contribution is -0.125. The molecule has 0 saturated heterocycles. The molecule has 0 aliphatic carbocycles. The molecule has 0 aliphatic rings. The maximum atomic E-state index is 12.1. The van der Waals surface area contributed by atoms with Crippen molar-refractivity contribution < 1.29 is 4.79 Å². The normalized spacial score (nSPS) is 12.3. The molecule has 0 saturated carbocycles. The number of hydrogen-bond donors (Lipinski definition) is 1. The summed E-state index contributed by atoms with van der Waals surface area (Å²) in [5.41, 5.74) is 3.92. The van der Waals surface area contributed by atoms with Crippen molar-refractivity contribution in [1.29, 1.82) is 0 Å². The van der Waals surface area contributed by atoms with E-state index >= 15 is 0 Å². The third-order valence-corrected chi connectivity index (χ3v) is 3.88. The lowest BCUT2D eigenvalue weighted by Gasteiger charge is -2.23. The molecule has 2 rings (SSSR count). The van der Waals surface area contributed by atoms with Crippen molar-refractivity contribution in [2.45, 2.75) is 26.1 Å². The predicted octanol–water partition coefficient (Wildman–Crippen LogP) is 2.28. The number of nitrogens with one attached hydrogen (secondary N) is 1. The molecule has 0 spiro atoms. The molecule has 4 nitrogen and oxygen atoms in total. The van der Waals surface area contributed by atoms with Crippen molar-refractivity contribution in [3.05, 3.63) is 52.5 Å². The van der Waals surface area contributed by atoms with Crippen LogP contribution in [0.4, 0.5) is 0 Å². The van der Waals surface area contributed by atoms with Crippen molar-refractivity contribution in [2.24, 2.45) is 0 Å². The lowest BCUT2D eigenvalue weighted by atomic mass is 10.2. The van der Waals surface area contributed by atoms with E-state index < -0.39 is 0 Å². The third kappa shape index (κ3) is 4.15. The molecule has 20 heavy (non-hydrogen) atoms. The fourth-order valence-electron chi connectivity index (χ4n) is 1.84. The molecular formula is C15H19N3OS. The Balaban J connectivity index is 1.82. The predicted molar refractivity (Wildman–Crippen MR) is 81.3 cm³/mol. The zero-order valence-electron chi connectivity index (χ0n) is 11.7. The first kappa shape index (κ1) is 14.7. The van der Waals surface area contributed by atoms with Crippen LogP contribution in [0.3, 0.4) is 0 Å². The van der Waals surface area contributed by atoms with Gasteiger partial charge >= 0.3 is 0 Å². The maximum Gasteiger partial charge on any atom is 0.237 e. The molecular weight excluding hydrogens is 270 g/mol. The van der Waals surface area contributed by atoms with E-state index in [1.165, 1.54) is 0 Å². The first-order chi connectivity index (χ1) is 9.66. The molecule has 2 aromatic rings. The summed E-state index contributed by atoms with van der Waals surface area (Å²) in [6, 6.07) is 9.74. The Bertz CT molecular complexity index is 527. The molecule has 0 aliphatic heterocycles. The summed E-state index contributed by atoms with van der Waals surface area (Å²) in [4.78, 5) is 18.3. The van der Waals surface area contributed by atoms with Gasteiger partial charge in [0.05, 0.1) is 17.2 Å². The van der Waals surface area contributed by atoms with Gasteiger partial charge in [0.15, 0.2) is 0 Å². The molecule has 0 bridgehead atoms. The van der Waals surface area contributed by atoms with Gasteiger partial charge in [0.2, 0.25) is 5.91 Å². The minimum Gasteiger partial charge on any atom is -0.351 e. The van der Waals surface area contributed by atoms with E-state index in [2.05, 4.69) is 10.3 Å². The van der Waals surface area contributed by atoms with Gasteiger partial charge in [-0.1, -0.05) is 30.3 Å². The van der Waals surface area contributed by atoms with E-state index in [1.54, 1.807) is 11.3 Å². The minimum absolute atomic E-state index is 0.0339. The molecule has 1 N–H and O–H groups in total. The molecule has 1 aromatic heterocycles. The number of thiazole rings is 1. The molecule has 1 aromatic carbocycles. The second kappa shape index (κ2) is 7.17. The fourth-order valence-corrected chi connectivity index (χ4v) is 2.39. The summed E-state index contributed by atoms with van der Waals surface area (Å²) in [7, 11) is 1.94. The Hall–Kier alpha value is -1.72. The first-order valence-electron chi connectivity index (χ1n) is 6.56. The molecule has 106 valence electrons. The van der Waals surface area contributed by atoms with Crippen LogP contribution in [-0.2, 0) is 17.9 Å². The summed E-state index contributed by atoms with van der Waals surface area (Å²) in [6.07, 6.45) is 0. The number of likely N-dealkylation sites (N-methyl/N-ethyl adjacent to an activating group) is 1. The van der Waals surface area contributed by atoms with Gasteiger partial charge in [0.25, 0.3) is 0 Å². The molecule has 0 radical (unpaired) electrons. The van der Waals surface area contributed by atoms with Crippen LogP contribution in [0.25, 0.3) is 0 Å². The largest absolute Gasteiger partial charge is 0.351 e. The molecule has 1 atom stereocenters. The van der Waals surface area contributed by atoms with Crippen LogP contribution in [0, 0.1) is 0 Å². The van der Waals surface area contributed by atoms with Gasteiger partial charge in [0, 0.05) is 18.5 Å². The van der Waals surface area contributed by atoms with Crippen LogP contribution in [-0.4, -0.2) is 28.9 Å². The Morgan fingerprint density at radius 3 is 2.80 bits per heavy atom. The Morgan fingerprint density at radius 1 is 1.40 bits per heavy atom. The lowest BCUT2D eigenvalue weighted by Crippen LogP contribution is -2.42. The van der Waals surface area contributed by atoms with Crippen LogP contribution in [0.15, 0.2) is 41.2 Å². The van der Waals surface area contributed by atoms with Crippen LogP contribution in [0.2, 0.25) is 0 Å². The van der Waals surface area contributed by atoms with Crippen molar-refractivity contribution in [1.82, 2.24) is 15.2 Å². The average molecular weight is 289 g/mol. The van der Waals surface area contributed by atoms with Crippen LogP contribution >= 0.6 is 11.3 Å². The van der Waals surface area contributed by atoms with Crippen molar-refractivity contribution in [2.75, 3.05) is 7.05 Å². The highest BCUT2D eigenvalue weighted by atomic mass is 32.1. The van der Waals surface area contributed by atoms with Gasteiger partial charge in [-0.05, 0) is 19.5 Å². The van der Waals surface area contributed by atoms with Gasteiger partial charge in [0.1, 0.15) is 0 Å². The number of carbonyl (C=O) groups excluding carboxylic acids is 1. The van der Waals surface area contributed by atoms with E-state index in [1.807, 2.05) is 60.1 Å². The topological polar surface area (TPSA) is 45.2 Å². The van der Waals surface area contributed by atoms with Gasteiger partial charge in [-0.15, -0.1) is 11.3 Å². The summed E-state index contributed by atoms with van der Waals surface area (Å²) >= 11 is 1.57. The quantitative estimate of drug-likeness (QED) is 0.887. The highest BCUT2D eigenvalue weighted by molar-refractivity contribution is 7.07. The number of rotatable bonds is 6. The number of amides is 1. The maximum absolute atomic E-state index is 12.1. The Morgan fingerprint density at radius 2 is 2.15 bits per heavy atom. The third-order valence-electron chi connectivity index (χ3n) is 3.25. The van der Waals surface area contributed by atoms with Gasteiger partial charge < -0.3 is 5.32 Å². The Kier molecular flexibility index (Phi) is 5.26. The van der Waals surface area contributed by atoms with Crippen LogP contribution in [0.1, 0.15) is 18.2 Å². The summed E-state index contributed by atoms with van der Waals surface area (Å²) in [6.45, 7) is 3.16. The molecule has 5 heteroatoms. The first-order valence-corrected chi connectivity index (χ1v) is 7.50. The highest BCUT2D eigenvalue weighted by Crippen LogP contribution is 2.07. The molecule has 1 amide bonds. The SMILES string of the molecule is C[C@@H](C(=O)NCc1ccccc1)N(C)Cc1cscn1. The second-order valence-electron chi connectivity index (χ2n) is 4.77. The Labute approximate surface area is 123 Å². The second-order valence-corrected chi connectivity index (χ2v) is 5.49. The molecule has 0 fully saturated rings. The zero-order chi connectivity index (χ0) is 14.4. The number of hydrogen-bond acceptors (Lipinski definition) is 4. The van der Waals surface area contributed by atoms with Crippen LogP contribution < -0.4 is 5.32 Å². The summed E-state index contributed by atoms with van der Waals surface area (Å²) in [5.74, 6) is 0.0339. The van der Waals surface area contributed by atoms with Crippen molar-refractivity contribution in [3.63, 3.8) is 0 Å². The number of aromatic nitrogens is 1. The minimum atomic E-state index is -0.180. The monoisotopic (exact) mass is 289 g/mol. The number of nitrogens with zero attached hydrogens (tertiary/aromatic N) is 2. The van der Waals surface area contributed by atoms with Crippen molar-refractivity contribution in [3.8, 4) is 0 Å². The summed E-state index contributed by atoms with van der Waals surface area (Å²) in [5, 5.41) is 4.97. The summed E-state index contributed by atoms with van der Waals surface area (Å²) < 4.78 is 0. The highest BCUT2D eigenvalue weighted by Gasteiger charge is 2.18. The van der Waals surface area contributed by atoms with E-state index in [-0.39, 0.29) is 11.9 Å². The van der Waals surface area contributed by atoms with E-state index in [0.29, 0.717) is 13.1 Å². The van der Waals surface area contributed by atoms with Crippen molar-refractivity contribution >= 4 is 17.2 Å². The standard InChI is InChI=1S/C15H19N3OS/c1-12(18(2)9-14-10-20-11-17-14)15(19)16-8-13-6-4-3-5-7-13/h3-7,10-12H,8-9H2,1-2H3,(H,16,19)/t12-/m0/s1. The van der Waals surface area contributed by atoms with Crippen LogP contribution in [0.5, 0.6) is 0 Å². The van der Waals surface area contributed by atoms with E-state index in [0.717, 1.165) is 11.3 Å². The number of carbonyl (C=O) groups is 1. The fraction of sp³-hybridized carbons (Fsp3) is 0.333. The van der Waals surface area contributed by atoms with Gasteiger partial charge in [-0.3, -0.25) is 9.69 Å². The average Bonchev–Trinajstić information content (AvgIpc) is 2.98. The smallest absolute Gasteiger partial charge is 0.237 e. The van der Waals surface area contributed by atoms with E-state index in [9.17, 15) is 4.79 Å². The van der Waals surface area contributed by atoms with E-state index in [4.69, 9.17) is 0 Å². The van der Waals surface area contributed by atoms with Gasteiger partial charge in [-0.2, -0.15) is 0 Å².